The number of hydrogen-bond acceptors (Lipinski definition) is 3. The Hall–Kier alpha value is -1.72. The molecule has 0 spiro atoms. The van der Waals surface area contributed by atoms with Gasteiger partial charge < -0.3 is 9.84 Å². The minimum absolute atomic E-state index is 0.165. The Labute approximate surface area is 129 Å². The second-order valence-corrected chi connectivity index (χ2v) is 6.15. The molecule has 2 aliphatic rings. The Balaban J connectivity index is 1.62. The fraction of sp³-hybridized carbons (Fsp3) is 0.471. The molecule has 0 amide bonds. The van der Waals surface area contributed by atoms with Gasteiger partial charge in [0, 0.05) is 26.2 Å². The van der Waals surface area contributed by atoms with E-state index in [1.807, 2.05) is 12.2 Å². The first-order chi connectivity index (χ1) is 10.6. The maximum Gasteiger partial charge on any atom is 0.313 e. The van der Waals surface area contributed by atoms with Crippen molar-refractivity contribution in [3.8, 4) is 0 Å². The molecule has 2 fully saturated rings. The molecule has 0 unspecified atom stereocenters. The second kappa shape index (κ2) is 6.18. The zero-order valence-electron chi connectivity index (χ0n) is 12.4. The first kappa shape index (κ1) is 15.2. The van der Waals surface area contributed by atoms with Gasteiger partial charge in [-0.25, -0.2) is 4.39 Å². The Kier molecular flexibility index (Phi) is 4.27. The minimum Gasteiger partial charge on any atom is -0.481 e. The largest absolute Gasteiger partial charge is 0.481 e. The van der Waals surface area contributed by atoms with Gasteiger partial charge in [0.25, 0.3) is 0 Å². The van der Waals surface area contributed by atoms with Crippen molar-refractivity contribution in [1.29, 1.82) is 0 Å². The molecule has 1 N–H and O–H groups in total. The monoisotopic (exact) mass is 305 g/mol. The fourth-order valence-electron chi connectivity index (χ4n) is 3.44. The average molecular weight is 305 g/mol. The van der Waals surface area contributed by atoms with Crippen LogP contribution in [0.3, 0.4) is 0 Å². The van der Waals surface area contributed by atoms with Crippen LogP contribution in [0.25, 0.3) is 6.08 Å². The van der Waals surface area contributed by atoms with Crippen LogP contribution in [0.4, 0.5) is 4.39 Å². The Morgan fingerprint density at radius 2 is 2.23 bits per heavy atom. The number of likely N-dealkylation sites (tertiary alicyclic amines) is 1. The van der Waals surface area contributed by atoms with Crippen LogP contribution in [0.1, 0.15) is 12.0 Å². The second-order valence-electron chi connectivity index (χ2n) is 6.15. The molecule has 5 heteroatoms. The van der Waals surface area contributed by atoms with Crippen LogP contribution in [0.2, 0.25) is 0 Å². The molecule has 0 aromatic heterocycles. The lowest BCUT2D eigenvalue weighted by Crippen LogP contribution is -2.46. The lowest BCUT2D eigenvalue weighted by atomic mass is 9.76. The van der Waals surface area contributed by atoms with Gasteiger partial charge in [-0.05, 0) is 30.0 Å². The van der Waals surface area contributed by atoms with Crippen molar-refractivity contribution >= 4 is 12.0 Å². The summed E-state index contributed by atoms with van der Waals surface area (Å²) in [6.45, 7) is 2.98. The molecule has 118 valence electrons. The third-order valence-corrected chi connectivity index (χ3v) is 4.71. The predicted octanol–water partition coefficient (Wildman–Crippen LogP) is 2.26. The van der Waals surface area contributed by atoms with Gasteiger partial charge in [-0.3, -0.25) is 9.69 Å². The number of benzene rings is 1. The van der Waals surface area contributed by atoms with Crippen molar-refractivity contribution in [2.45, 2.75) is 6.42 Å². The summed E-state index contributed by atoms with van der Waals surface area (Å²) in [5.74, 6) is -0.829. The zero-order valence-corrected chi connectivity index (χ0v) is 12.4. The number of hydrogen-bond donors (Lipinski definition) is 1. The van der Waals surface area contributed by atoms with Gasteiger partial charge in [0.15, 0.2) is 0 Å². The Bertz CT molecular complexity index is 572. The summed E-state index contributed by atoms with van der Waals surface area (Å²) in [5, 5.41) is 9.59. The molecule has 2 saturated heterocycles. The van der Waals surface area contributed by atoms with Gasteiger partial charge in [-0.15, -0.1) is 0 Å². The first-order valence-corrected chi connectivity index (χ1v) is 7.56. The highest BCUT2D eigenvalue weighted by Crippen LogP contribution is 2.41. The van der Waals surface area contributed by atoms with E-state index < -0.39 is 11.4 Å². The summed E-state index contributed by atoms with van der Waals surface area (Å²) in [6.07, 6.45) is 4.75. The van der Waals surface area contributed by atoms with Crippen LogP contribution >= 0.6 is 0 Å². The molecule has 0 saturated carbocycles. The molecule has 2 aliphatic heterocycles. The lowest BCUT2D eigenvalue weighted by Gasteiger charge is -2.34. The van der Waals surface area contributed by atoms with Crippen molar-refractivity contribution in [3.05, 3.63) is 41.7 Å². The van der Waals surface area contributed by atoms with Crippen LogP contribution in [-0.4, -0.2) is 48.8 Å². The van der Waals surface area contributed by atoms with Crippen LogP contribution in [0, 0.1) is 17.2 Å². The summed E-state index contributed by atoms with van der Waals surface area (Å²) in [5.41, 5.74) is 0.191. The van der Waals surface area contributed by atoms with Crippen LogP contribution < -0.4 is 0 Å². The number of carboxylic acid groups (broad SMARTS) is 1. The van der Waals surface area contributed by atoms with E-state index >= 15 is 0 Å². The van der Waals surface area contributed by atoms with Gasteiger partial charge >= 0.3 is 5.97 Å². The quantitative estimate of drug-likeness (QED) is 0.927. The third kappa shape index (κ3) is 2.91. The predicted molar refractivity (Wildman–Crippen MR) is 80.9 cm³/mol. The number of carbonyl (C=O) groups is 1. The summed E-state index contributed by atoms with van der Waals surface area (Å²) < 4.78 is 18.3. The van der Waals surface area contributed by atoms with Gasteiger partial charge in [-0.1, -0.05) is 24.3 Å². The summed E-state index contributed by atoms with van der Waals surface area (Å²) in [6, 6.07) is 6.31. The molecule has 1 aromatic rings. The van der Waals surface area contributed by atoms with Crippen molar-refractivity contribution in [2.75, 3.05) is 32.8 Å². The molecule has 22 heavy (non-hydrogen) atoms. The van der Waals surface area contributed by atoms with E-state index in [0.717, 1.165) is 18.5 Å². The van der Waals surface area contributed by atoms with Gasteiger partial charge in [0.1, 0.15) is 11.2 Å². The topological polar surface area (TPSA) is 49.8 Å². The highest BCUT2D eigenvalue weighted by molar-refractivity contribution is 5.76. The number of rotatable bonds is 4. The van der Waals surface area contributed by atoms with Crippen LogP contribution in [0.5, 0.6) is 0 Å². The maximum absolute atomic E-state index is 12.8. The molecular formula is C17H20FNO3. The van der Waals surface area contributed by atoms with E-state index in [2.05, 4.69) is 4.90 Å². The number of halogens is 1. The minimum atomic E-state index is -0.748. The number of ether oxygens (including phenoxy) is 1. The Morgan fingerprint density at radius 3 is 2.91 bits per heavy atom. The SMILES string of the molecule is O=C(O)[C@]12COCC[C@H]1CN(CC=Cc1ccc(F)cc1)C2. The highest BCUT2D eigenvalue weighted by atomic mass is 19.1. The standard InChI is InChI=1S/C17H20FNO3/c18-15-5-3-13(4-6-15)2-1-8-19-10-14-7-9-22-12-17(14,11-19)16(20)21/h1-6,14H,7-12H2,(H,20,21)/t14-,17+/m0/s1. The van der Waals surface area contributed by atoms with Crippen molar-refractivity contribution in [1.82, 2.24) is 4.90 Å². The van der Waals surface area contributed by atoms with E-state index in [0.29, 0.717) is 26.3 Å². The number of aliphatic carboxylic acids is 1. The molecule has 4 nitrogen and oxygen atoms in total. The fourth-order valence-corrected chi connectivity index (χ4v) is 3.44. The van der Waals surface area contributed by atoms with Crippen molar-refractivity contribution < 1.29 is 19.0 Å². The smallest absolute Gasteiger partial charge is 0.313 e. The van der Waals surface area contributed by atoms with Gasteiger partial charge in [0.05, 0.1) is 6.61 Å². The molecule has 0 bridgehead atoms. The Morgan fingerprint density at radius 1 is 1.45 bits per heavy atom. The highest BCUT2D eigenvalue weighted by Gasteiger charge is 2.53. The van der Waals surface area contributed by atoms with Crippen LogP contribution in [-0.2, 0) is 9.53 Å². The number of fused-ring (bicyclic) bond motifs is 1. The summed E-state index contributed by atoms with van der Waals surface area (Å²) >= 11 is 0. The van der Waals surface area contributed by atoms with Gasteiger partial charge in [-0.2, -0.15) is 0 Å². The molecule has 2 atom stereocenters. The number of nitrogens with zero attached hydrogens (tertiary/aromatic N) is 1. The van der Waals surface area contributed by atoms with E-state index in [1.54, 1.807) is 12.1 Å². The van der Waals surface area contributed by atoms with Gasteiger partial charge in [0.2, 0.25) is 0 Å². The normalized spacial score (nSPS) is 28.9. The van der Waals surface area contributed by atoms with Crippen LogP contribution in [0.15, 0.2) is 30.3 Å². The molecule has 3 rings (SSSR count). The number of carboxylic acids is 1. The molecular weight excluding hydrogens is 285 g/mol. The van der Waals surface area contributed by atoms with E-state index in [4.69, 9.17) is 4.74 Å². The average Bonchev–Trinajstić information content (AvgIpc) is 2.89. The lowest BCUT2D eigenvalue weighted by molar-refractivity contribution is -0.159. The van der Waals surface area contributed by atoms with Crippen molar-refractivity contribution in [2.24, 2.45) is 11.3 Å². The molecule has 2 heterocycles. The zero-order chi connectivity index (χ0) is 15.6. The van der Waals surface area contributed by atoms with E-state index in [-0.39, 0.29) is 11.7 Å². The first-order valence-electron chi connectivity index (χ1n) is 7.56. The van der Waals surface area contributed by atoms with E-state index in [9.17, 15) is 14.3 Å². The maximum atomic E-state index is 12.8. The molecule has 1 aromatic carbocycles. The molecule has 0 aliphatic carbocycles. The third-order valence-electron chi connectivity index (χ3n) is 4.71. The molecule has 0 radical (unpaired) electrons. The van der Waals surface area contributed by atoms with E-state index in [1.165, 1.54) is 12.1 Å². The van der Waals surface area contributed by atoms with Crippen molar-refractivity contribution in [3.63, 3.8) is 0 Å². The summed E-state index contributed by atoms with van der Waals surface area (Å²) in [4.78, 5) is 13.8. The summed E-state index contributed by atoms with van der Waals surface area (Å²) in [7, 11) is 0.